The highest BCUT2D eigenvalue weighted by Crippen LogP contribution is 2.29. The Morgan fingerprint density at radius 3 is 2.71 bits per heavy atom. The minimum atomic E-state index is 0.798. The Bertz CT molecular complexity index is 319. The second-order valence-corrected chi connectivity index (χ2v) is 5.19. The van der Waals surface area contributed by atoms with Crippen molar-refractivity contribution < 1.29 is 0 Å². The lowest BCUT2D eigenvalue weighted by molar-refractivity contribution is 0.309. The van der Waals surface area contributed by atoms with Crippen molar-refractivity contribution in [3.8, 4) is 0 Å². The molecule has 2 heterocycles. The molecule has 1 saturated heterocycles. The first-order valence-electron chi connectivity index (χ1n) is 5.02. The molecular formula is C11H15BrN2. The summed E-state index contributed by atoms with van der Waals surface area (Å²) < 4.78 is 1.06. The van der Waals surface area contributed by atoms with E-state index in [0.717, 1.165) is 16.3 Å². The van der Waals surface area contributed by atoms with E-state index in [4.69, 9.17) is 0 Å². The lowest BCUT2D eigenvalue weighted by atomic mass is 9.88. The van der Waals surface area contributed by atoms with Gasteiger partial charge in [-0.1, -0.05) is 13.8 Å². The molecule has 14 heavy (non-hydrogen) atoms. The van der Waals surface area contributed by atoms with Crippen molar-refractivity contribution in [2.24, 2.45) is 11.8 Å². The highest BCUT2D eigenvalue weighted by molar-refractivity contribution is 9.10. The fourth-order valence-electron chi connectivity index (χ4n) is 1.72. The Labute approximate surface area is 93.5 Å². The fraction of sp³-hybridized carbons (Fsp3) is 0.545. The Kier molecular flexibility index (Phi) is 2.77. The predicted molar refractivity (Wildman–Crippen MR) is 62.5 cm³/mol. The van der Waals surface area contributed by atoms with Gasteiger partial charge in [0.15, 0.2) is 0 Å². The average molecular weight is 255 g/mol. The molecule has 1 aliphatic heterocycles. The van der Waals surface area contributed by atoms with Gasteiger partial charge in [-0.25, -0.2) is 0 Å². The molecule has 1 aliphatic rings. The van der Waals surface area contributed by atoms with Crippen LogP contribution in [0, 0.1) is 11.8 Å². The number of nitrogens with zero attached hydrogens (tertiary/aromatic N) is 2. The van der Waals surface area contributed by atoms with Gasteiger partial charge in [0, 0.05) is 23.8 Å². The smallest absolute Gasteiger partial charge is 0.0564 e. The van der Waals surface area contributed by atoms with Crippen LogP contribution in [0.25, 0.3) is 0 Å². The van der Waals surface area contributed by atoms with Crippen molar-refractivity contribution in [2.45, 2.75) is 13.8 Å². The van der Waals surface area contributed by atoms with Crippen molar-refractivity contribution >= 4 is 21.6 Å². The Morgan fingerprint density at radius 1 is 1.43 bits per heavy atom. The van der Waals surface area contributed by atoms with E-state index >= 15 is 0 Å². The van der Waals surface area contributed by atoms with Gasteiger partial charge in [-0.3, -0.25) is 4.98 Å². The molecular weight excluding hydrogens is 240 g/mol. The highest BCUT2D eigenvalue weighted by atomic mass is 79.9. The first-order valence-corrected chi connectivity index (χ1v) is 5.81. The largest absolute Gasteiger partial charge is 0.370 e. The summed E-state index contributed by atoms with van der Waals surface area (Å²) in [5.74, 6) is 1.65. The van der Waals surface area contributed by atoms with Gasteiger partial charge in [0.05, 0.1) is 11.9 Å². The monoisotopic (exact) mass is 254 g/mol. The molecule has 2 nitrogen and oxygen atoms in total. The lowest BCUT2D eigenvalue weighted by Gasteiger charge is -2.43. The van der Waals surface area contributed by atoms with Crippen LogP contribution in [0.2, 0.25) is 0 Å². The highest BCUT2D eigenvalue weighted by Gasteiger charge is 2.29. The van der Waals surface area contributed by atoms with Crippen molar-refractivity contribution in [3.63, 3.8) is 0 Å². The van der Waals surface area contributed by atoms with Gasteiger partial charge in [-0.15, -0.1) is 0 Å². The minimum Gasteiger partial charge on any atom is -0.370 e. The second kappa shape index (κ2) is 3.89. The molecule has 1 fully saturated rings. The molecule has 0 amide bonds. The summed E-state index contributed by atoms with van der Waals surface area (Å²) in [4.78, 5) is 6.55. The molecule has 1 aromatic heterocycles. The second-order valence-electron chi connectivity index (χ2n) is 4.27. The molecule has 0 radical (unpaired) electrons. The summed E-state index contributed by atoms with van der Waals surface area (Å²) >= 11 is 3.44. The van der Waals surface area contributed by atoms with Crippen molar-refractivity contribution in [1.82, 2.24) is 4.98 Å². The third-order valence-electron chi connectivity index (χ3n) is 2.91. The van der Waals surface area contributed by atoms with Gasteiger partial charge in [0.1, 0.15) is 0 Å². The minimum absolute atomic E-state index is 0.798. The summed E-state index contributed by atoms with van der Waals surface area (Å²) in [7, 11) is 0. The van der Waals surface area contributed by atoms with Crippen LogP contribution < -0.4 is 4.90 Å². The molecule has 2 rings (SSSR count). The third-order valence-corrected chi connectivity index (χ3v) is 3.34. The van der Waals surface area contributed by atoms with Crippen molar-refractivity contribution in [2.75, 3.05) is 18.0 Å². The quantitative estimate of drug-likeness (QED) is 0.807. The zero-order valence-electron chi connectivity index (χ0n) is 8.57. The maximum atomic E-state index is 4.17. The van der Waals surface area contributed by atoms with Gasteiger partial charge >= 0.3 is 0 Å². The first-order chi connectivity index (χ1) is 6.66. The zero-order valence-corrected chi connectivity index (χ0v) is 10.2. The Balaban J connectivity index is 2.00. The Morgan fingerprint density at radius 2 is 2.14 bits per heavy atom. The Hall–Kier alpha value is -0.570. The van der Waals surface area contributed by atoms with Gasteiger partial charge in [0.2, 0.25) is 0 Å². The van der Waals surface area contributed by atoms with Gasteiger partial charge in [-0.2, -0.15) is 0 Å². The number of halogens is 1. The lowest BCUT2D eigenvalue weighted by Crippen LogP contribution is -2.49. The molecule has 0 bridgehead atoms. The summed E-state index contributed by atoms with van der Waals surface area (Å²) in [6.45, 7) is 6.94. The molecule has 0 saturated carbocycles. The summed E-state index contributed by atoms with van der Waals surface area (Å²) in [6, 6.07) is 2.13. The van der Waals surface area contributed by atoms with E-state index in [1.165, 1.54) is 18.8 Å². The number of anilines is 1. The molecule has 1 aromatic rings. The molecule has 0 atom stereocenters. The number of pyridine rings is 1. The van der Waals surface area contributed by atoms with Crippen molar-refractivity contribution in [3.05, 3.63) is 22.9 Å². The van der Waals surface area contributed by atoms with E-state index in [1.54, 1.807) is 0 Å². The van der Waals surface area contributed by atoms with Crippen LogP contribution in [0.4, 0.5) is 5.69 Å². The van der Waals surface area contributed by atoms with Crippen LogP contribution in [0.5, 0.6) is 0 Å². The maximum absolute atomic E-state index is 4.17. The first kappa shape index (κ1) is 9.97. The average Bonchev–Trinajstić information content (AvgIpc) is 2.00. The third kappa shape index (κ3) is 1.92. The maximum Gasteiger partial charge on any atom is 0.0564 e. The van der Waals surface area contributed by atoms with E-state index in [1.807, 2.05) is 12.4 Å². The van der Waals surface area contributed by atoms with Gasteiger partial charge < -0.3 is 4.90 Å². The van der Waals surface area contributed by atoms with Gasteiger partial charge in [0.25, 0.3) is 0 Å². The van der Waals surface area contributed by atoms with E-state index in [2.05, 4.69) is 45.7 Å². The molecule has 0 aromatic carbocycles. The van der Waals surface area contributed by atoms with Crippen LogP contribution in [0.15, 0.2) is 22.9 Å². The molecule has 0 aliphatic carbocycles. The zero-order chi connectivity index (χ0) is 10.1. The van der Waals surface area contributed by atoms with Crippen LogP contribution >= 0.6 is 15.9 Å². The standard InChI is InChI=1S/C11H15BrN2/c1-8(2)9-6-14(7-9)11-3-10(12)4-13-5-11/h3-5,8-9H,6-7H2,1-2H3. The molecule has 0 N–H and O–H groups in total. The molecule has 0 unspecified atom stereocenters. The number of hydrogen-bond acceptors (Lipinski definition) is 2. The van der Waals surface area contributed by atoms with Crippen LogP contribution in [-0.4, -0.2) is 18.1 Å². The fourth-order valence-corrected chi connectivity index (χ4v) is 2.07. The van der Waals surface area contributed by atoms with Crippen LogP contribution in [0.3, 0.4) is 0 Å². The van der Waals surface area contributed by atoms with Crippen LogP contribution in [-0.2, 0) is 0 Å². The molecule has 0 spiro atoms. The van der Waals surface area contributed by atoms with Gasteiger partial charge in [-0.05, 0) is 33.8 Å². The van der Waals surface area contributed by atoms with Crippen molar-refractivity contribution in [1.29, 1.82) is 0 Å². The van der Waals surface area contributed by atoms with E-state index in [0.29, 0.717) is 0 Å². The van der Waals surface area contributed by atoms with E-state index in [9.17, 15) is 0 Å². The molecule has 76 valence electrons. The van der Waals surface area contributed by atoms with E-state index < -0.39 is 0 Å². The number of rotatable bonds is 2. The van der Waals surface area contributed by atoms with E-state index in [-0.39, 0.29) is 0 Å². The number of aromatic nitrogens is 1. The summed E-state index contributed by atoms with van der Waals surface area (Å²) in [5, 5.41) is 0. The number of hydrogen-bond donors (Lipinski definition) is 0. The SMILES string of the molecule is CC(C)C1CN(c2cncc(Br)c2)C1. The predicted octanol–water partition coefficient (Wildman–Crippen LogP) is 2.94. The topological polar surface area (TPSA) is 16.1 Å². The molecule has 3 heteroatoms. The van der Waals surface area contributed by atoms with Crippen LogP contribution in [0.1, 0.15) is 13.8 Å². The summed E-state index contributed by atoms with van der Waals surface area (Å²) in [5.41, 5.74) is 1.23. The summed E-state index contributed by atoms with van der Waals surface area (Å²) in [6.07, 6.45) is 3.75. The normalized spacial score (nSPS) is 17.3.